The van der Waals surface area contributed by atoms with Crippen molar-refractivity contribution in [3.63, 3.8) is 0 Å². The van der Waals surface area contributed by atoms with Crippen molar-refractivity contribution >= 4 is 57.9 Å². The zero-order chi connectivity index (χ0) is 67.2. The number of fused-ring (bicyclic) bond motifs is 12. The standard InChI is InChI=1S/C86H78N4O8/c1-7-84(4,58-36-40-62(41-37-58)89(80(91)56-24-12-8-13-25-56)74-52-72-76(48-54(74)2)95-78-50-64(87(5)60-28-16-10-17-29-60)44-46-70(78)85(72)68-34-22-20-32-66(68)82(93)97-85)59-38-42-63(43-39-59)90(81(92)57-26-14-9-15-27-57)75-53-73-77(49-55(75)3)96-79-51-65(88(6)61-30-18-11-19-31-61)45-47-71(79)86(73)69-35-23-21-33-67(69)83(94)98-86/h8-9,12-15,20-27,32-53,60-61H,7,10-11,16-19,28-31H2,1-6H3. The SMILES string of the molecule is CCC(C)(c1ccc(N(C(=O)c2ccccc2)c2cc3c(cc2C)Oc2cc(N(C)C4CCCCC4)ccc2C32OC(=O)c3ccccc32)cc1)c1ccc(N(C(=O)c2ccccc2)c2cc3c(cc2C)Oc2cc(N(C)C4CCCCC4)ccc2C32OC(=O)c3ccccc32)cc1. The molecule has 4 heterocycles. The molecule has 10 aromatic carbocycles. The van der Waals surface area contributed by atoms with Crippen molar-refractivity contribution in [1.82, 2.24) is 0 Å². The molecule has 16 rings (SSSR count). The highest BCUT2D eigenvalue weighted by Crippen LogP contribution is 2.60. The summed E-state index contributed by atoms with van der Waals surface area (Å²) in [6, 6.07) is 71.4. The molecule has 12 nitrogen and oxygen atoms in total. The molecular weight excluding hydrogens is 1220 g/mol. The van der Waals surface area contributed by atoms with Gasteiger partial charge in [-0.2, -0.15) is 0 Å². The van der Waals surface area contributed by atoms with Gasteiger partial charge in [-0.15, -0.1) is 0 Å². The monoisotopic (exact) mass is 1290 g/mol. The van der Waals surface area contributed by atoms with Crippen LogP contribution in [-0.4, -0.2) is 49.9 Å². The Bertz CT molecular complexity index is 4530. The van der Waals surface area contributed by atoms with E-state index in [2.05, 4.69) is 86.3 Å². The molecule has 0 N–H and O–H groups in total. The molecule has 2 saturated carbocycles. The minimum absolute atomic E-state index is 0.238. The molecule has 0 bridgehead atoms. The molecule has 2 aliphatic carbocycles. The summed E-state index contributed by atoms with van der Waals surface area (Å²) in [5.41, 5.74) is 10.9. The van der Waals surface area contributed by atoms with Crippen LogP contribution in [-0.2, 0) is 26.1 Å². The maximum absolute atomic E-state index is 15.4. The maximum atomic E-state index is 15.4. The van der Waals surface area contributed by atoms with Gasteiger partial charge in [-0.05, 0) is 177 Å². The summed E-state index contributed by atoms with van der Waals surface area (Å²) in [5, 5.41) is 0. The van der Waals surface area contributed by atoms with E-state index in [1.807, 2.05) is 184 Å². The lowest BCUT2D eigenvalue weighted by Crippen LogP contribution is -2.35. The number of rotatable bonds is 13. The summed E-state index contributed by atoms with van der Waals surface area (Å²) in [6.07, 6.45) is 12.6. The van der Waals surface area contributed by atoms with Crippen LogP contribution in [0.3, 0.4) is 0 Å². The number of hydrogen-bond acceptors (Lipinski definition) is 10. The number of ether oxygens (including phenoxy) is 4. The van der Waals surface area contributed by atoms with Gasteiger partial charge in [0.2, 0.25) is 0 Å². The Morgan fingerprint density at radius 1 is 0.418 bits per heavy atom. The second-order valence-electron chi connectivity index (χ2n) is 27.7. The lowest BCUT2D eigenvalue weighted by atomic mass is 9.74. The van der Waals surface area contributed by atoms with Gasteiger partial charge in [-0.25, -0.2) is 9.59 Å². The topological polar surface area (TPSA) is 118 Å². The van der Waals surface area contributed by atoms with Crippen LogP contribution in [0.4, 0.5) is 34.1 Å². The first-order valence-corrected chi connectivity index (χ1v) is 34.7. The molecule has 12 heteroatoms. The predicted molar refractivity (Wildman–Crippen MR) is 385 cm³/mol. The second kappa shape index (κ2) is 24.4. The van der Waals surface area contributed by atoms with Crippen molar-refractivity contribution in [1.29, 1.82) is 0 Å². The lowest BCUT2D eigenvalue weighted by molar-refractivity contribution is 0.0214. The van der Waals surface area contributed by atoms with Crippen molar-refractivity contribution in [2.45, 2.75) is 127 Å². The lowest BCUT2D eigenvalue weighted by Gasteiger charge is -2.39. The van der Waals surface area contributed by atoms with Crippen molar-refractivity contribution in [2.24, 2.45) is 0 Å². The molecule has 2 unspecified atom stereocenters. The van der Waals surface area contributed by atoms with E-state index >= 15 is 9.59 Å². The summed E-state index contributed by atoms with van der Waals surface area (Å²) < 4.78 is 27.4. The normalized spacial score (nSPS) is 18.7. The fraction of sp³-hybridized carbons (Fsp3) is 0.256. The molecule has 2 spiro atoms. The van der Waals surface area contributed by atoms with Gasteiger partial charge in [-0.1, -0.05) is 149 Å². The Morgan fingerprint density at radius 2 is 0.776 bits per heavy atom. The van der Waals surface area contributed by atoms with Crippen LogP contribution in [0.15, 0.2) is 218 Å². The van der Waals surface area contributed by atoms with Gasteiger partial charge >= 0.3 is 11.9 Å². The van der Waals surface area contributed by atoms with Gasteiger partial charge in [0.15, 0.2) is 11.2 Å². The molecule has 0 saturated heterocycles. The first kappa shape index (κ1) is 62.1. The molecular formula is C86H78N4O8. The number of carbonyl (C=O) groups is 4. The molecule has 2 amide bonds. The third-order valence-corrected chi connectivity index (χ3v) is 22.2. The molecule has 10 aromatic rings. The van der Waals surface area contributed by atoms with E-state index in [9.17, 15) is 9.59 Å². The Kier molecular flexibility index (Phi) is 15.5. The average Bonchev–Trinajstić information content (AvgIpc) is 1.48. The summed E-state index contributed by atoms with van der Waals surface area (Å²) in [4.78, 5) is 67.6. The van der Waals surface area contributed by atoms with E-state index in [0.29, 0.717) is 120 Å². The van der Waals surface area contributed by atoms with Crippen LogP contribution in [0.5, 0.6) is 23.0 Å². The molecule has 490 valence electrons. The van der Waals surface area contributed by atoms with Crippen molar-refractivity contribution in [2.75, 3.05) is 33.7 Å². The van der Waals surface area contributed by atoms with Gasteiger partial charge in [0.1, 0.15) is 23.0 Å². The number of benzene rings is 10. The Morgan fingerprint density at radius 3 is 1.16 bits per heavy atom. The third kappa shape index (κ3) is 9.99. The number of hydrogen-bond donors (Lipinski definition) is 0. The van der Waals surface area contributed by atoms with Gasteiger partial charge in [0.05, 0.1) is 22.5 Å². The van der Waals surface area contributed by atoms with Crippen LogP contribution in [0.25, 0.3) is 0 Å². The van der Waals surface area contributed by atoms with Crippen molar-refractivity contribution < 1.29 is 38.1 Å². The second-order valence-corrected chi connectivity index (χ2v) is 27.7. The van der Waals surface area contributed by atoms with E-state index in [-0.39, 0.29) is 11.8 Å². The molecule has 2 atom stereocenters. The fourth-order valence-corrected chi connectivity index (χ4v) is 16.6. The molecule has 0 radical (unpaired) electrons. The Balaban J connectivity index is 0.762. The molecule has 0 aromatic heterocycles. The van der Waals surface area contributed by atoms with E-state index < -0.39 is 28.6 Å². The zero-order valence-corrected chi connectivity index (χ0v) is 56.3. The highest BCUT2D eigenvalue weighted by atomic mass is 16.6. The quantitative estimate of drug-likeness (QED) is 0.103. The van der Waals surface area contributed by atoms with Crippen LogP contribution in [0.1, 0.15) is 182 Å². The smallest absolute Gasteiger partial charge is 0.340 e. The molecule has 2 fully saturated rings. The highest BCUT2D eigenvalue weighted by Gasteiger charge is 2.56. The summed E-state index contributed by atoms with van der Waals surface area (Å²) in [6.45, 7) is 8.37. The first-order valence-electron chi connectivity index (χ1n) is 34.7. The number of amides is 2. The minimum atomic E-state index is -1.38. The summed E-state index contributed by atoms with van der Waals surface area (Å²) in [5.74, 6) is 0.983. The number of esters is 2. The van der Waals surface area contributed by atoms with Crippen LogP contribution >= 0.6 is 0 Å². The van der Waals surface area contributed by atoms with Crippen LogP contribution in [0, 0.1) is 13.8 Å². The maximum Gasteiger partial charge on any atom is 0.340 e. The summed E-state index contributed by atoms with van der Waals surface area (Å²) >= 11 is 0. The highest BCUT2D eigenvalue weighted by molar-refractivity contribution is 6.13. The number of carbonyl (C=O) groups excluding carboxylic acids is 4. The van der Waals surface area contributed by atoms with E-state index in [4.69, 9.17) is 18.9 Å². The largest absolute Gasteiger partial charge is 0.456 e. The molecule has 4 aliphatic heterocycles. The molecule has 6 aliphatic rings. The minimum Gasteiger partial charge on any atom is -0.456 e. The summed E-state index contributed by atoms with van der Waals surface area (Å²) in [7, 11) is 4.32. The van der Waals surface area contributed by atoms with E-state index in [0.717, 1.165) is 59.3 Å². The fourth-order valence-electron chi connectivity index (χ4n) is 16.6. The third-order valence-electron chi connectivity index (χ3n) is 22.2. The van der Waals surface area contributed by atoms with Crippen molar-refractivity contribution in [3.8, 4) is 23.0 Å². The number of anilines is 6. The van der Waals surface area contributed by atoms with Gasteiger partial charge in [0, 0.05) is 111 Å². The Hall–Kier alpha value is -10.7. The van der Waals surface area contributed by atoms with Crippen molar-refractivity contribution in [3.05, 3.63) is 296 Å². The van der Waals surface area contributed by atoms with E-state index in [1.54, 1.807) is 9.80 Å². The first-order chi connectivity index (χ1) is 47.7. The van der Waals surface area contributed by atoms with Gasteiger partial charge in [0.25, 0.3) is 11.8 Å². The Labute approximate surface area is 573 Å². The van der Waals surface area contributed by atoms with Gasteiger partial charge in [-0.3, -0.25) is 19.4 Å². The molecule has 98 heavy (non-hydrogen) atoms. The number of nitrogens with zero attached hydrogens (tertiary/aromatic N) is 4. The average molecular weight is 1300 g/mol. The zero-order valence-electron chi connectivity index (χ0n) is 56.3. The van der Waals surface area contributed by atoms with Gasteiger partial charge < -0.3 is 28.7 Å². The van der Waals surface area contributed by atoms with E-state index in [1.165, 1.54) is 38.5 Å². The van der Waals surface area contributed by atoms with Crippen LogP contribution < -0.4 is 29.1 Å². The number of aryl methyl sites for hydroxylation is 2. The predicted octanol–water partition coefficient (Wildman–Crippen LogP) is 19.7. The van der Waals surface area contributed by atoms with Crippen LogP contribution in [0.2, 0.25) is 0 Å².